The van der Waals surface area contributed by atoms with E-state index in [0.29, 0.717) is 17.1 Å². The van der Waals surface area contributed by atoms with E-state index in [0.717, 1.165) is 31.5 Å². The van der Waals surface area contributed by atoms with Gasteiger partial charge in [0.15, 0.2) is 0 Å². The highest BCUT2D eigenvalue weighted by Gasteiger charge is 2.28. The molecule has 2 N–H and O–H groups in total. The van der Waals surface area contributed by atoms with Gasteiger partial charge in [-0.15, -0.1) is 0 Å². The Balaban J connectivity index is 1.63. The largest absolute Gasteiger partial charge is 0.336 e. The van der Waals surface area contributed by atoms with Crippen LogP contribution in [0.3, 0.4) is 0 Å². The van der Waals surface area contributed by atoms with Gasteiger partial charge in [0.1, 0.15) is 5.82 Å². The van der Waals surface area contributed by atoms with E-state index in [-0.39, 0.29) is 30.5 Å². The van der Waals surface area contributed by atoms with Gasteiger partial charge < -0.3 is 15.5 Å². The van der Waals surface area contributed by atoms with Gasteiger partial charge in [-0.05, 0) is 52.2 Å². The van der Waals surface area contributed by atoms with Crippen molar-refractivity contribution in [3.63, 3.8) is 0 Å². The minimum atomic E-state index is -0.342. The highest BCUT2D eigenvalue weighted by atomic mass is 35.5. The number of amides is 2. The standard InChI is InChI=1S/C21H30ClFN6O/c1-27(2)18(15-11-26-28(3)14-15)12-24-21(30)25-13-19(29-9-4-5-10-29)20-16(22)7-6-8-17(20)23/h6-8,11,14,18-19H,4-5,9-10,12-13H2,1-3H3,(H2,24,25,30). The number of carbonyl (C=O) groups excluding carboxylic acids is 1. The highest BCUT2D eigenvalue weighted by Crippen LogP contribution is 2.31. The number of likely N-dealkylation sites (tertiary alicyclic amines) is 1. The zero-order valence-electron chi connectivity index (χ0n) is 17.7. The summed E-state index contributed by atoms with van der Waals surface area (Å²) in [5.74, 6) is -0.342. The van der Waals surface area contributed by atoms with Crippen LogP contribution in [0.15, 0.2) is 30.6 Å². The van der Waals surface area contributed by atoms with Crippen LogP contribution < -0.4 is 10.6 Å². The molecule has 0 bridgehead atoms. The minimum absolute atomic E-state index is 0.000147. The summed E-state index contributed by atoms with van der Waals surface area (Å²) in [4.78, 5) is 16.7. The van der Waals surface area contributed by atoms with Gasteiger partial charge in [-0.1, -0.05) is 17.7 Å². The molecule has 2 unspecified atom stereocenters. The molecule has 1 aromatic carbocycles. The number of rotatable bonds is 8. The SMILES string of the molecule is CN(C)C(CNC(=O)NCC(c1c(F)cccc1Cl)N1CCCC1)c1cnn(C)c1. The zero-order valence-corrected chi connectivity index (χ0v) is 18.5. The van der Waals surface area contributed by atoms with Crippen molar-refractivity contribution in [2.24, 2.45) is 7.05 Å². The first-order valence-electron chi connectivity index (χ1n) is 10.2. The first-order valence-corrected chi connectivity index (χ1v) is 10.6. The number of benzene rings is 1. The zero-order chi connectivity index (χ0) is 21.7. The van der Waals surface area contributed by atoms with E-state index in [1.54, 1.807) is 23.0 Å². The van der Waals surface area contributed by atoms with E-state index in [1.807, 2.05) is 32.2 Å². The molecule has 1 aromatic heterocycles. The lowest BCUT2D eigenvalue weighted by Crippen LogP contribution is -2.44. The number of likely N-dealkylation sites (N-methyl/N-ethyl adjacent to an activating group) is 1. The molecule has 9 heteroatoms. The van der Waals surface area contributed by atoms with Gasteiger partial charge in [0.25, 0.3) is 0 Å². The van der Waals surface area contributed by atoms with Crippen LogP contribution in [0.25, 0.3) is 0 Å². The second-order valence-electron chi connectivity index (χ2n) is 7.91. The molecule has 2 atom stereocenters. The van der Waals surface area contributed by atoms with E-state index in [2.05, 4.69) is 20.6 Å². The van der Waals surface area contributed by atoms with Crippen LogP contribution in [0.5, 0.6) is 0 Å². The highest BCUT2D eigenvalue weighted by molar-refractivity contribution is 6.31. The van der Waals surface area contributed by atoms with Crippen LogP contribution in [-0.4, -0.2) is 65.9 Å². The molecule has 164 valence electrons. The molecule has 2 heterocycles. The number of hydrogen-bond donors (Lipinski definition) is 2. The number of halogens is 2. The summed E-state index contributed by atoms with van der Waals surface area (Å²) in [6.07, 6.45) is 5.86. The van der Waals surface area contributed by atoms with Crippen LogP contribution in [0.1, 0.15) is 36.1 Å². The molecule has 0 radical (unpaired) electrons. The predicted octanol–water partition coefficient (Wildman–Crippen LogP) is 2.95. The van der Waals surface area contributed by atoms with Gasteiger partial charge in [0.2, 0.25) is 0 Å². The Labute approximate surface area is 182 Å². The third kappa shape index (κ3) is 5.50. The topological polar surface area (TPSA) is 65.4 Å². The normalized spacial score (nSPS) is 16.6. The Morgan fingerprint density at radius 2 is 1.97 bits per heavy atom. The molecule has 3 rings (SSSR count). The van der Waals surface area contributed by atoms with Crippen molar-refractivity contribution in [2.45, 2.75) is 24.9 Å². The van der Waals surface area contributed by atoms with E-state index in [1.165, 1.54) is 6.07 Å². The fraction of sp³-hybridized carbons (Fsp3) is 0.524. The predicted molar refractivity (Wildman–Crippen MR) is 116 cm³/mol. The Hall–Kier alpha value is -2.16. The second kappa shape index (κ2) is 10.2. The van der Waals surface area contributed by atoms with Crippen molar-refractivity contribution in [3.8, 4) is 0 Å². The summed E-state index contributed by atoms with van der Waals surface area (Å²) in [5, 5.41) is 10.4. The van der Waals surface area contributed by atoms with Gasteiger partial charge >= 0.3 is 6.03 Å². The molecule has 2 aromatic rings. The fourth-order valence-corrected chi connectivity index (χ4v) is 4.24. The maximum absolute atomic E-state index is 14.6. The molecule has 0 aliphatic carbocycles. The molecule has 1 saturated heterocycles. The molecular formula is C21H30ClFN6O. The van der Waals surface area contributed by atoms with Crippen LogP contribution in [-0.2, 0) is 7.05 Å². The number of aromatic nitrogens is 2. The summed E-state index contributed by atoms with van der Waals surface area (Å²) in [6, 6.07) is 4.12. The van der Waals surface area contributed by atoms with E-state index in [4.69, 9.17) is 11.6 Å². The molecule has 0 spiro atoms. The van der Waals surface area contributed by atoms with Crippen molar-refractivity contribution in [2.75, 3.05) is 40.3 Å². The van der Waals surface area contributed by atoms with Gasteiger partial charge in [-0.3, -0.25) is 9.58 Å². The first kappa shape index (κ1) is 22.5. The van der Waals surface area contributed by atoms with Crippen LogP contribution in [0, 0.1) is 5.82 Å². The van der Waals surface area contributed by atoms with Crippen molar-refractivity contribution in [3.05, 3.63) is 52.6 Å². The number of urea groups is 1. The van der Waals surface area contributed by atoms with E-state index in [9.17, 15) is 9.18 Å². The van der Waals surface area contributed by atoms with Crippen molar-refractivity contribution >= 4 is 17.6 Å². The quantitative estimate of drug-likeness (QED) is 0.667. The van der Waals surface area contributed by atoms with Gasteiger partial charge in [0, 0.05) is 42.5 Å². The van der Waals surface area contributed by atoms with Crippen LogP contribution in [0.2, 0.25) is 5.02 Å². The average Bonchev–Trinajstić information content (AvgIpc) is 3.36. The summed E-state index contributed by atoms with van der Waals surface area (Å²) in [7, 11) is 5.78. The molecule has 1 aliphatic heterocycles. The third-order valence-corrected chi connectivity index (χ3v) is 5.89. The Morgan fingerprint density at radius 1 is 1.27 bits per heavy atom. The molecule has 1 aliphatic rings. The van der Waals surface area contributed by atoms with Crippen molar-refractivity contribution in [1.29, 1.82) is 0 Å². The molecule has 30 heavy (non-hydrogen) atoms. The first-order chi connectivity index (χ1) is 14.4. The maximum atomic E-state index is 14.6. The summed E-state index contributed by atoms with van der Waals surface area (Å²) >= 11 is 6.32. The smallest absolute Gasteiger partial charge is 0.314 e. The van der Waals surface area contributed by atoms with Gasteiger partial charge in [-0.25, -0.2) is 9.18 Å². The van der Waals surface area contributed by atoms with Crippen LogP contribution in [0.4, 0.5) is 9.18 Å². The Bertz CT molecular complexity index is 832. The second-order valence-corrected chi connectivity index (χ2v) is 8.32. The lowest BCUT2D eigenvalue weighted by molar-refractivity contribution is 0.214. The summed E-state index contributed by atoms with van der Waals surface area (Å²) in [5.41, 5.74) is 1.47. The Kier molecular flexibility index (Phi) is 7.69. The minimum Gasteiger partial charge on any atom is -0.336 e. The summed E-state index contributed by atoms with van der Waals surface area (Å²) < 4.78 is 16.3. The van der Waals surface area contributed by atoms with E-state index >= 15 is 0 Å². The number of aryl methyl sites for hydroxylation is 1. The summed E-state index contributed by atoms with van der Waals surface area (Å²) in [6.45, 7) is 2.44. The maximum Gasteiger partial charge on any atom is 0.314 e. The van der Waals surface area contributed by atoms with Gasteiger partial charge in [-0.2, -0.15) is 5.10 Å². The number of nitrogens with zero attached hydrogens (tertiary/aromatic N) is 4. The molecule has 7 nitrogen and oxygen atoms in total. The Morgan fingerprint density at radius 3 is 2.57 bits per heavy atom. The van der Waals surface area contributed by atoms with Crippen LogP contribution >= 0.6 is 11.6 Å². The van der Waals surface area contributed by atoms with Gasteiger partial charge in [0.05, 0.1) is 18.3 Å². The molecule has 2 amide bonds. The molecule has 1 fully saturated rings. The molecular weight excluding hydrogens is 407 g/mol. The average molecular weight is 437 g/mol. The lowest BCUT2D eigenvalue weighted by Gasteiger charge is -2.29. The number of hydrogen-bond acceptors (Lipinski definition) is 4. The van der Waals surface area contributed by atoms with E-state index < -0.39 is 0 Å². The third-order valence-electron chi connectivity index (χ3n) is 5.56. The van der Waals surface area contributed by atoms with Crippen molar-refractivity contribution < 1.29 is 9.18 Å². The molecule has 0 saturated carbocycles. The van der Waals surface area contributed by atoms with Crippen molar-refractivity contribution in [1.82, 2.24) is 30.2 Å². The fourth-order valence-electron chi connectivity index (χ4n) is 3.95. The lowest BCUT2D eigenvalue weighted by atomic mass is 10.0. The monoisotopic (exact) mass is 436 g/mol. The number of nitrogens with one attached hydrogen (secondary N) is 2. The number of carbonyl (C=O) groups is 1.